The number of carbonyl (C=O) groups is 1. The van der Waals surface area contributed by atoms with Crippen molar-refractivity contribution in [3.05, 3.63) is 36.4 Å². The predicted molar refractivity (Wildman–Crippen MR) is 67.5 cm³/mol. The summed E-state index contributed by atoms with van der Waals surface area (Å²) in [5.41, 5.74) is 0.790. The largest absolute Gasteiger partial charge is 0.497 e. The van der Waals surface area contributed by atoms with Crippen molar-refractivity contribution in [2.75, 3.05) is 7.11 Å². The van der Waals surface area contributed by atoms with Crippen LogP contribution in [0.4, 0.5) is 0 Å². The van der Waals surface area contributed by atoms with Gasteiger partial charge >= 0.3 is 5.97 Å². The van der Waals surface area contributed by atoms with E-state index >= 15 is 0 Å². The fraction of sp³-hybridized carbons (Fsp3) is 0.357. The van der Waals surface area contributed by atoms with E-state index in [-0.39, 0.29) is 5.41 Å². The summed E-state index contributed by atoms with van der Waals surface area (Å²) in [6, 6.07) is 5.38. The molecule has 0 radical (unpaired) electrons. The van der Waals surface area contributed by atoms with Crippen LogP contribution >= 0.6 is 0 Å². The van der Waals surface area contributed by atoms with Gasteiger partial charge in [-0.15, -0.1) is 0 Å². The van der Waals surface area contributed by atoms with E-state index in [9.17, 15) is 4.79 Å². The molecule has 1 aromatic carbocycles. The van der Waals surface area contributed by atoms with Gasteiger partial charge < -0.3 is 9.47 Å². The Morgan fingerprint density at radius 3 is 2.47 bits per heavy atom. The van der Waals surface area contributed by atoms with Gasteiger partial charge in [0.05, 0.1) is 7.11 Å². The molecule has 1 aromatic rings. The van der Waals surface area contributed by atoms with Crippen molar-refractivity contribution in [3.63, 3.8) is 0 Å². The molecule has 1 rings (SSSR count). The minimum absolute atomic E-state index is 0.134. The quantitative estimate of drug-likeness (QED) is 0.458. The summed E-state index contributed by atoms with van der Waals surface area (Å²) in [6.07, 6.45) is 1.15. The van der Waals surface area contributed by atoms with E-state index in [4.69, 9.17) is 9.47 Å². The van der Waals surface area contributed by atoms with Crippen LogP contribution in [0.5, 0.6) is 11.5 Å². The molecule has 0 aliphatic carbocycles. The Morgan fingerprint density at radius 2 is 2.00 bits per heavy atom. The molecule has 0 fully saturated rings. The lowest BCUT2D eigenvalue weighted by molar-refractivity contribution is -0.129. The second kappa shape index (κ2) is 5.04. The fourth-order valence-electron chi connectivity index (χ4n) is 1.46. The molecule has 92 valence electrons. The lowest BCUT2D eigenvalue weighted by Gasteiger charge is -2.22. The third kappa shape index (κ3) is 3.34. The van der Waals surface area contributed by atoms with E-state index in [1.807, 2.05) is 26.8 Å². The molecule has 0 spiro atoms. The van der Waals surface area contributed by atoms with E-state index in [1.54, 1.807) is 19.2 Å². The molecular weight excluding hydrogens is 216 g/mol. The van der Waals surface area contributed by atoms with Gasteiger partial charge in [-0.1, -0.05) is 27.4 Å². The van der Waals surface area contributed by atoms with Gasteiger partial charge in [0.25, 0.3) is 0 Å². The van der Waals surface area contributed by atoms with Crippen molar-refractivity contribution in [2.24, 2.45) is 0 Å². The molecule has 0 saturated heterocycles. The number of benzene rings is 1. The Morgan fingerprint density at radius 1 is 1.35 bits per heavy atom. The first kappa shape index (κ1) is 13.3. The lowest BCUT2D eigenvalue weighted by Crippen LogP contribution is -2.15. The fourth-order valence-corrected chi connectivity index (χ4v) is 1.46. The van der Waals surface area contributed by atoms with Gasteiger partial charge in [-0.2, -0.15) is 0 Å². The minimum atomic E-state index is -0.458. The van der Waals surface area contributed by atoms with Gasteiger partial charge in [0.1, 0.15) is 11.5 Å². The third-order valence-corrected chi connectivity index (χ3v) is 2.37. The van der Waals surface area contributed by atoms with Crippen molar-refractivity contribution >= 4 is 5.97 Å². The number of hydrogen-bond acceptors (Lipinski definition) is 3. The second-order valence-corrected chi connectivity index (χ2v) is 4.74. The molecule has 0 atom stereocenters. The van der Waals surface area contributed by atoms with Crippen molar-refractivity contribution in [1.29, 1.82) is 0 Å². The molecule has 0 aliphatic heterocycles. The van der Waals surface area contributed by atoms with E-state index in [0.717, 1.165) is 17.4 Å². The predicted octanol–water partition coefficient (Wildman–Crippen LogP) is 3.08. The molecule has 0 aliphatic rings. The Kier molecular flexibility index (Phi) is 3.94. The molecule has 3 nitrogen and oxygen atoms in total. The first-order valence-electron chi connectivity index (χ1n) is 5.41. The number of methoxy groups -OCH3 is 1. The SMILES string of the molecule is C=CC(=O)Oc1ccc(OC)cc1C(C)(C)C. The second-order valence-electron chi connectivity index (χ2n) is 4.74. The highest BCUT2D eigenvalue weighted by Crippen LogP contribution is 2.34. The van der Waals surface area contributed by atoms with Crippen molar-refractivity contribution < 1.29 is 14.3 Å². The van der Waals surface area contributed by atoms with Crippen molar-refractivity contribution in [3.8, 4) is 11.5 Å². The molecule has 0 N–H and O–H groups in total. The molecule has 0 saturated carbocycles. The number of ether oxygens (including phenoxy) is 2. The minimum Gasteiger partial charge on any atom is -0.497 e. The maximum atomic E-state index is 11.2. The molecule has 3 heteroatoms. The van der Waals surface area contributed by atoms with Gasteiger partial charge in [0.2, 0.25) is 0 Å². The zero-order chi connectivity index (χ0) is 13.1. The first-order chi connectivity index (χ1) is 7.88. The number of carbonyl (C=O) groups excluding carboxylic acids is 1. The van der Waals surface area contributed by atoms with Crippen molar-refractivity contribution in [2.45, 2.75) is 26.2 Å². The average molecular weight is 234 g/mol. The summed E-state index contributed by atoms with van der Waals surface area (Å²) in [5.74, 6) is 0.831. The van der Waals surface area contributed by atoms with Crippen LogP contribution in [0, 0.1) is 0 Å². The molecule has 17 heavy (non-hydrogen) atoms. The van der Waals surface area contributed by atoms with Gasteiger partial charge in [0.15, 0.2) is 0 Å². The van der Waals surface area contributed by atoms with Crippen LogP contribution in [0.1, 0.15) is 26.3 Å². The summed E-state index contributed by atoms with van der Waals surface area (Å²) in [6.45, 7) is 9.53. The van der Waals surface area contributed by atoms with Gasteiger partial charge in [0, 0.05) is 11.6 Å². The van der Waals surface area contributed by atoms with Crippen LogP contribution < -0.4 is 9.47 Å². The van der Waals surface area contributed by atoms with E-state index in [1.165, 1.54) is 0 Å². The van der Waals surface area contributed by atoms with Gasteiger partial charge in [-0.25, -0.2) is 4.79 Å². The molecule has 0 amide bonds. The molecule has 0 bridgehead atoms. The monoisotopic (exact) mass is 234 g/mol. The summed E-state index contributed by atoms with van der Waals surface area (Å²) in [4.78, 5) is 11.2. The molecule has 0 aromatic heterocycles. The summed E-state index contributed by atoms with van der Waals surface area (Å²) in [7, 11) is 1.61. The lowest BCUT2D eigenvalue weighted by atomic mass is 9.86. The Balaban J connectivity index is 3.20. The van der Waals surface area contributed by atoms with Gasteiger partial charge in [-0.05, 0) is 23.6 Å². The Bertz CT molecular complexity index is 428. The summed E-state index contributed by atoms with van der Waals surface area (Å²) in [5, 5.41) is 0. The Labute approximate surface area is 102 Å². The third-order valence-electron chi connectivity index (χ3n) is 2.37. The summed E-state index contributed by atoms with van der Waals surface area (Å²) < 4.78 is 10.4. The van der Waals surface area contributed by atoms with Crippen LogP contribution in [-0.2, 0) is 10.2 Å². The van der Waals surface area contributed by atoms with E-state index in [0.29, 0.717) is 5.75 Å². The van der Waals surface area contributed by atoms with E-state index in [2.05, 4.69) is 6.58 Å². The average Bonchev–Trinajstić information content (AvgIpc) is 2.28. The first-order valence-corrected chi connectivity index (χ1v) is 5.41. The zero-order valence-electron chi connectivity index (χ0n) is 10.7. The van der Waals surface area contributed by atoms with Crippen LogP contribution in [0.15, 0.2) is 30.9 Å². The van der Waals surface area contributed by atoms with Crippen LogP contribution in [0.25, 0.3) is 0 Å². The van der Waals surface area contributed by atoms with Crippen LogP contribution in [0.2, 0.25) is 0 Å². The van der Waals surface area contributed by atoms with Crippen molar-refractivity contribution in [1.82, 2.24) is 0 Å². The van der Waals surface area contributed by atoms with Crippen LogP contribution in [-0.4, -0.2) is 13.1 Å². The van der Waals surface area contributed by atoms with Gasteiger partial charge in [-0.3, -0.25) is 0 Å². The summed E-state index contributed by atoms with van der Waals surface area (Å²) >= 11 is 0. The maximum absolute atomic E-state index is 11.2. The molecule has 0 heterocycles. The zero-order valence-corrected chi connectivity index (χ0v) is 10.7. The highest BCUT2D eigenvalue weighted by molar-refractivity contribution is 5.83. The number of esters is 1. The standard InChI is InChI=1S/C14H18O3/c1-6-13(15)17-12-8-7-10(16-5)9-11(12)14(2,3)4/h6-9H,1H2,2-5H3. The smallest absolute Gasteiger partial charge is 0.335 e. The maximum Gasteiger partial charge on any atom is 0.335 e. The van der Waals surface area contributed by atoms with E-state index < -0.39 is 5.97 Å². The normalized spacial score (nSPS) is 10.8. The molecular formula is C14H18O3. The highest BCUT2D eigenvalue weighted by Gasteiger charge is 2.20. The molecule has 0 unspecified atom stereocenters. The topological polar surface area (TPSA) is 35.5 Å². The van der Waals surface area contributed by atoms with Crippen LogP contribution in [0.3, 0.4) is 0 Å². The number of rotatable bonds is 3. The number of hydrogen-bond donors (Lipinski definition) is 0. The highest BCUT2D eigenvalue weighted by atomic mass is 16.5. The Hall–Kier alpha value is -1.77.